The smallest absolute Gasteiger partial charge is 0.341 e. The first-order chi connectivity index (χ1) is 13.5. The van der Waals surface area contributed by atoms with Gasteiger partial charge >= 0.3 is 17.9 Å². The molecule has 3 rings (SSSR count). The normalized spacial score (nSPS) is 40.5. The fourth-order valence-corrected chi connectivity index (χ4v) is 3.85. The third kappa shape index (κ3) is 4.15. The zero-order chi connectivity index (χ0) is 21.5. The van der Waals surface area contributed by atoms with Crippen molar-refractivity contribution in [3.63, 3.8) is 0 Å². The lowest BCUT2D eigenvalue weighted by molar-refractivity contribution is -0.172. The summed E-state index contributed by atoms with van der Waals surface area (Å²) in [7, 11) is 0. The molecule has 2 aliphatic heterocycles. The second-order valence-corrected chi connectivity index (χ2v) is 8.19. The maximum absolute atomic E-state index is 12.9. The van der Waals surface area contributed by atoms with Gasteiger partial charge in [-0.1, -0.05) is 18.2 Å². The third-order valence-corrected chi connectivity index (χ3v) is 5.90. The average molecular weight is 404 g/mol. The van der Waals surface area contributed by atoms with Crippen molar-refractivity contribution in [1.29, 1.82) is 0 Å². The van der Waals surface area contributed by atoms with Crippen LogP contribution in [-0.2, 0) is 33.3 Å². The highest BCUT2D eigenvalue weighted by Crippen LogP contribution is 2.41. The van der Waals surface area contributed by atoms with E-state index in [0.29, 0.717) is 0 Å². The van der Waals surface area contributed by atoms with Gasteiger partial charge in [-0.2, -0.15) is 0 Å². The molecule has 3 aliphatic rings. The van der Waals surface area contributed by atoms with Crippen molar-refractivity contribution in [2.24, 2.45) is 5.92 Å². The molecule has 0 radical (unpaired) electrons. The molecule has 0 aromatic carbocycles. The number of epoxide rings is 1. The molecule has 7 nitrogen and oxygen atoms in total. The number of hydrogen-bond donors (Lipinski definition) is 0. The molecule has 0 bridgehead atoms. The van der Waals surface area contributed by atoms with Crippen LogP contribution >= 0.6 is 0 Å². The lowest BCUT2D eigenvalue weighted by Crippen LogP contribution is -2.46. The number of esters is 3. The number of carbonyl (C=O) groups is 3. The van der Waals surface area contributed by atoms with Crippen molar-refractivity contribution in [3.05, 3.63) is 35.5 Å². The van der Waals surface area contributed by atoms with E-state index in [1.54, 1.807) is 13.8 Å². The Morgan fingerprint density at radius 3 is 2.52 bits per heavy atom. The highest BCUT2D eigenvalue weighted by molar-refractivity contribution is 5.91. The van der Waals surface area contributed by atoms with Crippen LogP contribution in [0.2, 0.25) is 0 Å². The third-order valence-electron chi connectivity index (χ3n) is 5.90. The van der Waals surface area contributed by atoms with Crippen molar-refractivity contribution in [1.82, 2.24) is 0 Å². The molecule has 158 valence electrons. The molecule has 29 heavy (non-hydrogen) atoms. The molecule has 0 aromatic heterocycles. The molecule has 1 aliphatic carbocycles. The van der Waals surface area contributed by atoms with Gasteiger partial charge in [0.25, 0.3) is 0 Å². The summed E-state index contributed by atoms with van der Waals surface area (Å²) in [5.41, 5.74) is 0.930. The molecule has 2 saturated heterocycles. The van der Waals surface area contributed by atoms with E-state index >= 15 is 0 Å². The minimum absolute atomic E-state index is 0.192. The molecule has 0 saturated carbocycles. The molecule has 0 amide bonds. The summed E-state index contributed by atoms with van der Waals surface area (Å²) in [5, 5.41) is 0. The van der Waals surface area contributed by atoms with Gasteiger partial charge in [-0.3, -0.25) is 4.79 Å². The summed E-state index contributed by atoms with van der Waals surface area (Å²) in [6.07, 6.45) is 2.55. The quantitative estimate of drug-likeness (QED) is 0.235. The molecule has 0 unspecified atom stereocenters. The van der Waals surface area contributed by atoms with Crippen molar-refractivity contribution in [2.45, 2.75) is 77.5 Å². The summed E-state index contributed by atoms with van der Waals surface area (Å²) in [6, 6.07) is 0. The van der Waals surface area contributed by atoms with Crippen LogP contribution in [0.4, 0.5) is 0 Å². The Morgan fingerprint density at radius 2 is 1.93 bits per heavy atom. The van der Waals surface area contributed by atoms with Gasteiger partial charge in [-0.15, -0.1) is 0 Å². The molecular weight excluding hydrogens is 376 g/mol. The predicted molar refractivity (Wildman–Crippen MR) is 104 cm³/mol. The van der Waals surface area contributed by atoms with Gasteiger partial charge in [-0.05, 0) is 52.2 Å². The van der Waals surface area contributed by atoms with E-state index in [4.69, 9.17) is 18.9 Å². The van der Waals surface area contributed by atoms with E-state index in [-0.39, 0.29) is 11.7 Å². The van der Waals surface area contributed by atoms with Crippen LogP contribution in [0.1, 0.15) is 47.5 Å². The van der Waals surface area contributed by atoms with E-state index < -0.39 is 47.7 Å². The van der Waals surface area contributed by atoms with Gasteiger partial charge in [0.1, 0.15) is 6.10 Å². The van der Waals surface area contributed by atoms with Crippen LogP contribution < -0.4 is 0 Å². The summed E-state index contributed by atoms with van der Waals surface area (Å²) in [4.78, 5) is 37.0. The van der Waals surface area contributed by atoms with Crippen LogP contribution in [-0.4, -0.2) is 47.9 Å². The Labute approximate surface area is 170 Å². The number of carbonyl (C=O) groups excluding carboxylic acids is 3. The van der Waals surface area contributed by atoms with Crippen molar-refractivity contribution < 1.29 is 33.3 Å². The van der Waals surface area contributed by atoms with E-state index in [1.807, 2.05) is 26.0 Å². The summed E-state index contributed by atoms with van der Waals surface area (Å²) < 4.78 is 22.3. The van der Waals surface area contributed by atoms with Crippen LogP contribution in [0.25, 0.3) is 0 Å². The number of rotatable bonds is 3. The van der Waals surface area contributed by atoms with Crippen LogP contribution in [0.15, 0.2) is 35.5 Å². The van der Waals surface area contributed by atoms with Gasteiger partial charge < -0.3 is 18.9 Å². The monoisotopic (exact) mass is 404 g/mol. The van der Waals surface area contributed by atoms with Crippen LogP contribution in [0, 0.1) is 5.92 Å². The van der Waals surface area contributed by atoms with Crippen molar-refractivity contribution in [2.75, 3.05) is 0 Å². The fourth-order valence-electron chi connectivity index (χ4n) is 3.85. The van der Waals surface area contributed by atoms with E-state index in [0.717, 1.165) is 24.0 Å². The first-order valence-electron chi connectivity index (χ1n) is 9.84. The Bertz CT molecular complexity index is 808. The van der Waals surface area contributed by atoms with E-state index in [9.17, 15) is 14.4 Å². The Balaban J connectivity index is 2.05. The van der Waals surface area contributed by atoms with E-state index in [1.165, 1.54) is 6.92 Å². The second-order valence-electron chi connectivity index (χ2n) is 8.19. The minimum atomic E-state index is -1.06. The Kier molecular flexibility index (Phi) is 5.72. The van der Waals surface area contributed by atoms with Crippen LogP contribution in [0.3, 0.4) is 0 Å². The fraction of sp³-hybridized carbons (Fsp3) is 0.591. The maximum atomic E-state index is 12.9. The standard InChI is InChI=1S/C22H28O7/c1-11-8-7-9-12(2)18(26-15(5)23)19(28-21(25)22(6)14(4)29-22)17-13(3)20(24)27-16(17)10-11/h9-10,14,16-19H,3,7-8H2,1-2,4-6H3/b11-10-,12-9-/t14-,16+,17-,18+,19+,22-/m1/s1. The largest absolute Gasteiger partial charge is 0.455 e. The maximum Gasteiger partial charge on any atom is 0.341 e. The topological polar surface area (TPSA) is 91.4 Å². The van der Waals surface area contributed by atoms with Crippen LogP contribution in [0.5, 0.6) is 0 Å². The van der Waals surface area contributed by atoms with Crippen molar-refractivity contribution >= 4 is 17.9 Å². The zero-order valence-electron chi connectivity index (χ0n) is 17.5. The lowest BCUT2D eigenvalue weighted by Gasteiger charge is -2.33. The molecule has 2 fully saturated rings. The molecule has 0 spiro atoms. The summed E-state index contributed by atoms with van der Waals surface area (Å²) in [5.74, 6) is -2.30. The molecule has 6 atom stereocenters. The highest BCUT2D eigenvalue weighted by Gasteiger charge is 2.59. The first kappa shape index (κ1) is 21.3. The van der Waals surface area contributed by atoms with Gasteiger partial charge in [-0.25, -0.2) is 9.59 Å². The van der Waals surface area contributed by atoms with Gasteiger partial charge in [0.05, 0.1) is 12.0 Å². The first-order valence-corrected chi connectivity index (χ1v) is 9.84. The van der Waals surface area contributed by atoms with E-state index in [2.05, 4.69) is 6.58 Å². The van der Waals surface area contributed by atoms with Gasteiger partial charge in [0.15, 0.2) is 17.8 Å². The van der Waals surface area contributed by atoms with Gasteiger partial charge in [0, 0.05) is 12.5 Å². The Morgan fingerprint density at radius 1 is 1.28 bits per heavy atom. The summed E-state index contributed by atoms with van der Waals surface area (Å²) >= 11 is 0. The number of ether oxygens (including phenoxy) is 4. The number of fused-ring (bicyclic) bond motifs is 1. The highest BCUT2D eigenvalue weighted by atomic mass is 16.7. The van der Waals surface area contributed by atoms with Gasteiger partial charge in [0.2, 0.25) is 0 Å². The molecule has 7 heteroatoms. The minimum Gasteiger partial charge on any atom is -0.455 e. The molecule has 0 aromatic rings. The molecular formula is C22H28O7. The SMILES string of the molecule is C=C1C(=O)O[C@H]2/C=C(/C)CC/C=C(/C)[C@H](OC(C)=O)[C@@H](OC(=O)[C@]3(C)O[C@@H]3C)[C@H]12. The number of hydrogen-bond acceptors (Lipinski definition) is 7. The zero-order valence-corrected chi connectivity index (χ0v) is 17.5. The molecule has 0 N–H and O–H groups in total. The summed E-state index contributed by atoms with van der Waals surface area (Å²) in [6.45, 7) is 12.4. The Hall–Kier alpha value is -2.41. The number of allylic oxidation sites excluding steroid dienone is 2. The second kappa shape index (κ2) is 7.78. The lowest BCUT2D eigenvalue weighted by atomic mass is 9.83. The average Bonchev–Trinajstić information content (AvgIpc) is 3.15. The molecule has 2 heterocycles. The predicted octanol–water partition coefficient (Wildman–Crippen LogP) is 2.79. The van der Waals surface area contributed by atoms with Crippen molar-refractivity contribution in [3.8, 4) is 0 Å².